The van der Waals surface area contributed by atoms with Crippen LogP contribution < -0.4 is 5.32 Å². The summed E-state index contributed by atoms with van der Waals surface area (Å²) < 4.78 is 11.1. The van der Waals surface area contributed by atoms with E-state index in [-0.39, 0.29) is 17.9 Å². The first-order chi connectivity index (χ1) is 16.2. The van der Waals surface area contributed by atoms with Gasteiger partial charge in [0.25, 0.3) is 0 Å². The van der Waals surface area contributed by atoms with Gasteiger partial charge in [0.15, 0.2) is 0 Å². The number of unbranched alkanes of at least 4 members (excludes halogenated alkanes) is 9. The van der Waals surface area contributed by atoms with Crippen LogP contribution in [0.25, 0.3) is 0 Å². The summed E-state index contributed by atoms with van der Waals surface area (Å²) >= 11 is 0. The van der Waals surface area contributed by atoms with E-state index in [1.165, 1.54) is 64.2 Å². The maximum Gasteiger partial charge on any atom is 0.305 e. The molecule has 0 aliphatic heterocycles. The fourth-order valence-corrected chi connectivity index (χ4v) is 4.52. The number of ether oxygens (including phenoxy) is 2. The molecule has 5 heteroatoms. The van der Waals surface area contributed by atoms with E-state index < -0.39 is 0 Å². The number of carbonyl (C=O) groups is 2. The molecule has 1 N–H and O–H groups in total. The second-order valence-electron chi connectivity index (χ2n) is 9.99. The van der Waals surface area contributed by atoms with E-state index in [1.54, 1.807) is 0 Å². The van der Waals surface area contributed by atoms with Gasteiger partial charge >= 0.3 is 11.9 Å². The molecule has 0 unspecified atom stereocenters. The summed E-state index contributed by atoms with van der Waals surface area (Å²) in [6.45, 7) is 6.17. The lowest BCUT2D eigenvalue weighted by atomic mass is 10.0. The molecule has 0 aromatic rings. The topological polar surface area (TPSA) is 64.6 Å². The molecule has 194 valence electrons. The molecule has 0 radical (unpaired) electrons. The van der Waals surface area contributed by atoms with Crippen molar-refractivity contribution >= 4 is 11.9 Å². The molecule has 1 saturated carbocycles. The van der Waals surface area contributed by atoms with Crippen LogP contribution in [0.5, 0.6) is 0 Å². The lowest BCUT2D eigenvalue weighted by Crippen LogP contribution is -2.27. The second-order valence-corrected chi connectivity index (χ2v) is 9.99. The van der Waals surface area contributed by atoms with Gasteiger partial charge in [0.05, 0.1) is 13.2 Å². The zero-order valence-corrected chi connectivity index (χ0v) is 21.8. The van der Waals surface area contributed by atoms with Gasteiger partial charge in [-0.15, -0.1) is 0 Å². The molecule has 0 aromatic carbocycles. The van der Waals surface area contributed by atoms with Crippen LogP contribution >= 0.6 is 0 Å². The minimum atomic E-state index is -0.110. The average Bonchev–Trinajstić information content (AvgIpc) is 3.33. The summed E-state index contributed by atoms with van der Waals surface area (Å²) in [6, 6.07) is 0.706. The Hall–Kier alpha value is -1.10. The molecule has 1 aliphatic rings. The molecule has 0 atom stereocenters. The van der Waals surface area contributed by atoms with E-state index >= 15 is 0 Å². The van der Waals surface area contributed by atoms with Gasteiger partial charge in [-0.05, 0) is 45.1 Å². The van der Waals surface area contributed by atoms with Crippen LogP contribution in [0, 0.1) is 5.92 Å². The van der Waals surface area contributed by atoms with Crippen LogP contribution in [-0.2, 0) is 19.1 Å². The minimum Gasteiger partial charge on any atom is -0.465 e. The smallest absolute Gasteiger partial charge is 0.305 e. The van der Waals surface area contributed by atoms with Crippen LogP contribution in [-0.4, -0.2) is 37.7 Å². The maximum atomic E-state index is 12.1. The molecular weight excluding hydrogens is 414 g/mol. The Kier molecular flexibility index (Phi) is 19.4. The lowest BCUT2D eigenvalue weighted by molar-refractivity contribution is -0.149. The highest BCUT2D eigenvalue weighted by atomic mass is 16.5. The van der Waals surface area contributed by atoms with Crippen molar-refractivity contribution in [2.75, 3.05) is 19.8 Å². The largest absolute Gasteiger partial charge is 0.465 e. The predicted octanol–water partition coefficient (Wildman–Crippen LogP) is 7.11. The predicted molar refractivity (Wildman–Crippen MR) is 136 cm³/mol. The van der Waals surface area contributed by atoms with Crippen LogP contribution in [0.4, 0.5) is 0 Å². The zero-order valence-electron chi connectivity index (χ0n) is 21.8. The van der Waals surface area contributed by atoms with Crippen molar-refractivity contribution in [2.24, 2.45) is 5.92 Å². The van der Waals surface area contributed by atoms with Gasteiger partial charge in [0, 0.05) is 24.8 Å². The van der Waals surface area contributed by atoms with E-state index in [2.05, 4.69) is 19.2 Å². The standard InChI is InChI=1S/C28H53NO4/c1-3-5-7-9-11-20-27(30)32-23-25(17-15-16-22-29-26-18-13-14-19-26)24-33-28(31)21-12-10-8-6-4-2/h25-26,29H,3-24H2,1-2H3. The molecule has 5 nitrogen and oxygen atoms in total. The van der Waals surface area contributed by atoms with Gasteiger partial charge in [0.1, 0.15) is 0 Å². The summed E-state index contributed by atoms with van der Waals surface area (Å²) in [5.41, 5.74) is 0. The van der Waals surface area contributed by atoms with Crippen molar-refractivity contribution in [2.45, 2.75) is 142 Å². The molecule has 0 aromatic heterocycles. The molecule has 0 heterocycles. The van der Waals surface area contributed by atoms with Crippen molar-refractivity contribution < 1.29 is 19.1 Å². The minimum absolute atomic E-state index is 0.101. The monoisotopic (exact) mass is 467 g/mol. The summed E-state index contributed by atoms with van der Waals surface area (Å²) in [4.78, 5) is 24.3. The maximum absolute atomic E-state index is 12.1. The third kappa shape index (κ3) is 18.0. The Bertz CT molecular complexity index is 447. The van der Waals surface area contributed by atoms with Gasteiger partial charge in [-0.25, -0.2) is 0 Å². The third-order valence-corrected chi connectivity index (χ3v) is 6.76. The number of esters is 2. The summed E-state index contributed by atoms with van der Waals surface area (Å²) in [6.07, 6.45) is 20.7. The van der Waals surface area contributed by atoms with E-state index in [9.17, 15) is 9.59 Å². The van der Waals surface area contributed by atoms with Gasteiger partial charge < -0.3 is 14.8 Å². The normalized spacial score (nSPS) is 14.2. The summed E-state index contributed by atoms with van der Waals surface area (Å²) in [7, 11) is 0. The van der Waals surface area contributed by atoms with Crippen molar-refractivity contribution in [3.8, 4) is 0 Å². The molecule has 1 rings (SSSR count). The number of rotatable bonds is 22. The van der Waals surface area contributed by atoms with E-state index in [0.717, 1.165) is 51.5 Å². The first kappa shape index (κ1) is 29.9. The van der Waals surface area contributed by atoms with E-state index in [0.29, 0.717) is 32.1 Å². The molecule has 0 spiro atoms. The van der Waals surface area contributed by atoms with Gasteiger partial charge in [-0.1, -0.05) is 84.5 Å². The number of carbonyl (C=O) groups excluding carboxylic acids is 2. The van der Waals surface area contributed by atoms with Crippen LogP contribution in [0.3, 0.4) is 0 Å². The van der Waals surface area contributed by atoms with Crippen LogP contribution in [0.2, 0.25) is 0 Å². The van der Waals surface area contributed by atoms with Gasteiger partial charge in [-0.2, -0.15) is 0 Å². The quantitative estimate of drug-likeness (QED) is 0.136. The van der Waals surface area contributed by atoms with Gasteiger partial charge in [0.2, 0.25) is 0 Å². The SMILES string of the molecule is CCCCCCCC(=O)OCC(CCCCNC1CCCC1)COC(=O)CCCCCCC. The lowest BCUT2D eigenvalue weighted by Gasteiger charge is -2.18. The number of hydrogen-bond acceptors (Lipinski definition) is 5. The van der Waals surface area contributed by atoms with Crippen molar-refractivity contribution in [3.63, 3.8) is 0 Å². The fraction of sp³-hybridized carbons (Fsp3) is 0.929. The van der Waals surface area contributed by atoms with Crippen LogP contribution in [0.1, 0.15) is 136 Å². The highest BCUT2D eigenvalue weighted by molar-refractivity contribution is 5.69. The Morgan fingerprint density at radius 1 is 0.727 bits per heavy atom. The Morgan fingerprint density at radius 2 is 1.24 bits per heavy atom. The molecule has 1 fully saturated rings. The first-order valence-electron chi connectivity index (χ1n) is 14.2. The summed E-state index contributed by atoms with van der Waals surface area (Å²) in [5, 5.41) is 3.66. The highest BCUT2D eigenvalue weighted by Crippen LogP contribution is 2.18. The third-order valence-electron chi connectivity index (χ3n) is 6.76. The molecule has 0 saturated heterocycles. The Labute approximate surface area is 204 Å². The Morgan fingerprint density at radius 3 is 1.76 bits per heavy atom. The average molecular weight is 468 g/mol. The van der Waals surface area contributed by atoms with Crippen molar-refractivity contribution in [3.05, 3.63) is 0 Å². The van der Waals surface area contributed by atoms with E-state index in [4.69, 9.17) is 9.47 Å². The second kappa shape index (κ2) is 21.4. The van der Waals surface area contributed by atoms with Crippen LogP contribution in [0.15, 0.2) is 0 Å². The molecule has 0 amide bonds. The number of nitrogens with one attached hydrogen (secondary N) is 1. The van der Waals surface area contributed by atoms with E-state index in [1.807, 2.05) is 0 Å². The van der Waals surface area contributed by atoms with Crippen molar-refractivity contribution in [1.29, 1.82) is 0 Å². The number of hydrogen-bond donors (Lipinski definition) is 1. The Balaban J connectivity index is 2.26. The molecule has 1 aliphatic carbocycles. The highest BCUT2D eigenvalue weighted by Gasteiger charge is 2.16. The van der Waals surface area contributed by atoms with Gasteiger partial charge in [-0.3, -0.25) is 9.59 Å². The zero-order chi connectivity index (χ0) is 24.0. The summed E-state index contributed by atoms with van der Waals surface area (Å²) in [5.74, 6) is -0.118. The van der Waals surface area contributed by atoms with Crippen molar-refractivity contribution in [1.82, 2.24) is 5.32 Å². The molecule has 33 heavy (non-hydrogen) atoms. The molecule has 0 bridgehead atoms. The molecular formula is C28H53NO4. The fourth-order valence-electron chi connectivity index (χ4n) is 4.52. The first-order valence-corrected chi connectivity index (χ1v) is 14.2.